The number of anilines is 6. The van der Waals surface area contributed by atoms with Crippen LogP contribution in [0.5, 0.6) is 0 Å². The van der Waals surface area contributed by atoms with Gasteiger partial charge in [0, 0.05) is 56.4 Å². The second-order valence-electron chi connectivity index (χ2n) is 14.3. The van der Waals surface area contributed by atoms with E-state index in [1.54, 1.807) is 0 Å². The van der Waals surface area contributed by atoms with Gasteiger partial charge in [0.2, 0.25) is 0 Å². The molecule has 0 N–H and O–H groups in total. The summed E-state index contributed by atoms with van der Waals surface area (Å²) in [6, 6.07) is 83.1. The quantitative estimate of drug-likeness (QED) is 0.139. The Bertz CT molecular complexity index is 2650. The van der Waals surface area contributed by atoms with E-state index in [0.29, 0.717) is 11.1 Å². The Balaban J connectivity index is 1.27. The van der Waals surface area contributed by atoms with Crippen molar-refractivity contribution in [3.05, 3.63) is 242 Å². The predicted molar refractivity (Wildman–Crippen MR) is 247 cm³/mol. The summed E-state index contributed by atoms with van der Waals surface area (Å²) in [6.07, 6.45) is 0. The lowest BCUT2D eigenvalue weighted by Crippen LogP contribution is -2.09. The van der Waals surface area contributed by atoms with Crippen molar-refractivity contribution in [3.63, 3.8) is 0 Å². The van der Waals surface area contributed by atoms with Crippen LogP contribution in [0.1, 0.15) is 11.1 Å². The van der Waals surface area contributed by atoms with E-state index in [-0.39, 0.29) is 0 Å². The molecule has 0 fully saturated rings. The van der Waals surface area contributed by atoms with E-state index < -0.39 is 0 Å². The Morgan fingerprint density at radius 1 is 0.233 bits per heavy atom. The largest absolute Gasteiger partial charge is 0.311 e. The summed E-state index contributed by atoms with van der Waals surface area (Å²) >= 11 is 0. The van der Waals surface area contributed by atoms with Crippen LogP contribution in [0.3, 0.4) is 0 Å². The van der Waals surface area contributed by atoms with Crippen LogP contribution in [0.15, 0.2) is 231 Å². The standard InChI is InChI=1S/C56H38N4/c57-39-51-53(41-19-7-1-8-20-41)55(43-31-35-49(36-32-43)59(45-23-11-3-12-24-45)46-25-13-4-14-26-46)52(40-58)54(42-21-9-2-10-22-42)56(51)44-33-37-50(38-34-44)60(47-27-15-5-16-28-47)48-29-17-6-18-30-48/h1-38H. The first-order chi connectivity index (χ1) is 29.7. The van der Waals surface area contributed by atoms with Crippen molar-refractivity contribution in [1.82, 2.24) is 0 Å². The lowest BCUT2D eigenvalue weighted by molar-refractivity contribution is 1.28. The smallest absolute Gasteiger partial charge is 0.100 e. The van der Waals surface area contributed by atoms with Crippen LogP contribution in [0, 0.1) is 22.7 Å². The highest BCUT2D eigenvalue weighted by Crippen LogP contribution is 2.49. The minimum atomic E-state index is 0.504. The fourth-order valence-corrected chi connectivity index (χ4v) is 8.09. The molecule has 9 aromatic carbocycles. The van der Waals surface area contributed by atoms with E-state index in [1.165, 1.54) is 0 Å². The molecule has 9 rings (SSSR count). The lowest BCUT2D eigenvalue weighted by Gasteiger charge is -2.27. The molecule has 9 aromatic rings. The van der Waals surface area contributed by atoms with Crippen LogP contribution in [0.2, 0.25) is 0 Å². The van der Waals surface area contributed by atoms with Gasteiger partial charge in [-0.3, -0.25) is 0 Å². The normalized spacial score (nSPS) is 10.6. The molecule has 0 saturated carbocycles. The Hall–Kier alpha value is -8.44. The average molecular weight is 767 g/mol. The number of rotatable bonds is 10. The molecule has 0 radical (unpaired) electrons. The maximum absolute atomic E-state index is 11.4. The summed E-state index contributed by atoms with van der Waals surface area (Å²) in [5.74, 6) is 0. The second-order valence-corrected chi connectivity index (χ2v) is 14.3. The number of nitrogens with zero attached hydrogens (tertiary/aromatic N) is 4. The van der Waals surface area contributed by atoms with E-state index in [9.17, 15) is 10.5 Å². The van der Waals surface area contributed by atoms with Crippen LogP contribution in [0.25, 0.3) is 44.5 Å². The predicted octanol–water partition coefficient (Wildman–Crippen LogP) is 15.0. The van der Waals surface area contributed by atoms with E-state index in [2.05, 4.69) is 119 Å². The molecular formula is C56H38N4. The third-order valence-electron chi connectivity index (χ3n) is 10.7. The van der Waals surface area contributed by atoms with E-state index in [0.717, 1.165) is 78.6 Å². The SMILES string of the molecule is N#Cc1c(-c2ccccc2)c(-c2ccc(N(c3ccccc3)c3ccccc3)cc2)c(C#N)c(-c2ccccc2)c1-c1ccc(N(c2ccccc2)c2ccccc2)cc1. The second kappa shape index (κ2) is 17.0. The van der Waals surface area contributed by atoms with Gasteiger partial charge in [0.05, 0.1) is 11.1 Å². The topological polar surface area (TPSA) is 54.1 Å². The van der Waals surface area contributed by atoms with E-state index >= 15 is 0 Å². The van der Waals surface area contributed by atoms with Gasteiger partial charge in [-0.2, -0.15) is 10.5 Å². The molecule has 0 saturated heterocycles. The van der Waals surface area contributed by atoms with Gasteiger partial charge < -0.3 is 9.80 Å². The minimum absolute atomic E-state index is 0.504. The molecule has 4 heteroatoms. The number of nitriles is 2. The molecule has 0 aliphatic rings. The Morgan fingerprint density at radius 2 is 0.433 bits per heavy atom. The van der Waals surface area contributed by atoms with Gasteiger partial charge in [-0.25, -0.2) is 0 Å². The molecule has 0 atom stereocenters. The summed E-state index contributed by atoms with van der Waals surface area (Å²) in [6.45, 7) is 0. The summed E-state index contributed by atoms with van der Waals surface area (Å²) in [5, 5.41) is 22.8. The maximum atomic E-state index is 11.4. The summed E-state index contributed by atoms with van der Waals surface area (Å²) in [4.78, 5) is 4.43. The molecule has 0 aromatic heterocycles. The Morgan fingerprint density at radius 3 is 0.667 bits per heavy atom. The van der Waals surface area contributed by atoms with Crippen molar-refractivity contribution in [3.8, 4) is 56.6 Å². The molecule has 0 heterocycles. The van der Waals surface area contributed by atoms with Gasteiger partial charge in [-0.05, 0) is 95.1 Å². The molecule has 282 valence electrons. The van der Waals surface area contributed by atoms with Crippen molar-refractivity contribution in [2.75, 3.05) is 9.80 Å². The van der Waals surface area contributed by atoms with Gasteiger partial charge in [-0.1, -0.05) is 158 Å². The van der Waals surface area contributed by atoms with Crippen molar-refractivity contribution in [2.24, 2.45) is 0 Å². The minimum Gasteiger partial charge on any atom is -0.311 e. The zero-order valence-corrected chi connectivity index (χ0v) is 32.7. The fourth-order valence-electron chi connectivity index (χ4n) is 8.09. The molecule has 0 bridgehead atoms. The van der Waals surface area contributed by atoms with Crippen LogP contribution in [0.4, 0.5) is 34.1 Å². The Kier molecular flexibility index (Phi) is 10.5. The van der Waals surface area contributed by atoms with Crippen molar-refractivity contribution >= 4 is 34.1 Å². The monoisotopic (exact) mass is 766 g/mol. The molecule has 0 unspecified atom stereocenters. The highest BCUT2D eigenvalue weighted by molar-refractivity contribution is 6.04. The summed E-state index contributed by atoms with van der Waals surface area (Å²) < 4.78 is 0. The number of hydrogen-bond acceptors (Lipinski definition) is 4. The highest BCUT2D eigenvalue weighted by Gasteiger charge is 2.28. The van der Waals surface area contributed by atoms with Crippen LogP contribution >= 0.6 is 0 Å². The number of para-hydroxylation sites is 4. The molecule has 60 heavy (non-hydrogen) atoms. The van der Waals surface area contributed by atoms with Crippen molar-refractivity contribution in [2.45, 2.75) is 0 Å². The third kappa shape index (κ3) is 7.18. The summed E-state index contributed by atoms with van der Waals surface area (Å²) in [5.41, 5.74) is 13.3. The molecule has 4 nitrogen and oxygen atoms in total. The van der Waals surface area contributed by atoms with E-state index in [4.69, 9.17) is 0 Å². The summed E-state index contributed by atoms with van der Waals surface area (Å²) in [7, 11) is 0. The highest BCUT2D eigenvalue weighted by atomic mass is 15.1. The Labute approximate surface area is 351 Å². The van der Waals surface area contributed by atoms with Crippen LogP contribution in [-0.2, 0) is 0 Å². The maximum Gasteiger partial charge on any atom is 0.100 e. The lowest BCUT2D eigenvalue weighted by atomic mass is 9.78. The zero-order chi connectivity index (χ0) is 40.7. The zero-order valence-electron chi connectivity index (χ0n) is 32.7. The average Bonchev–Trinajstić information content (AvgIpc) is 3.33. The number of benzene rings is 9. The molecule has 0 spiro atoms. The van der Waals surface area contributed by atoms with Crippen molar-refractivity contribution in [1.29, 1.82) is 10.5 Å². The van der Waals surface area contributed by atoms with Gasteiger partial charge in [0.25, 0.3) is 0 Å². The van der Waals surface area contributed by atoms with Gasteiger partial charge in [0.15, 0.2) is 0 Å². The first kappa shape index (κ1) is 37.2. The van der Waals surface area contributed by atoms with Crippen molar-refractivity contribution < 1.29 is 0 Å². The van der Waals surface area contributed by atoms with Crippen LogP contribution in [-0.4, -0.2) is 0 Å². The van der Waals surface area contributed by atoms with Gasteiger partial charge in [0.1, 0.15) is 12.1 Å². The first-order valence-electron chi connectivity index (χ1n) is 19.9. The molecular weight excluding hydrogens is 729 g/mol. The fraction of sp³-hybridized carbons (Fsp3) is 0. The molecule has 0 aliphatic heterocycles. The van der Waals surface area contributed by atoms with Gasteiger partial charge in [-0.15, -0.1) is 0 Å². The van der Waals surface area contributed by atoms with E-state index in [1.807, 2.05) is 133 Å². The van der Waals surface area contributed by atoms with Gasteiger partial charge >= 0.3 is 0 Å². The molecule has 0 aliphatic carbocycles. The number of hydrogen-bond donors (Lipinski definition) is 0. The third-order valence-corrected chi connectivity index (χ3v) is 10.7. The van der Waals surface area contributed by atoms with Crippen LogP contribution < -0.4 is 9.80 Å². The molecule has 0 amide bonds. The first-order valence-corrected chi connectivity index (χ1v) is 19.9.